The molecule has 0 N–H and O–H groups in total. The zero-order valence-corrected chi connectivity index (χ0v) is 30.6. The van der Waals surface area contributed by atoms with E-state index in [1.54, 1.807) is 12.2 Å². The summed E-state index contributed by atoms with van der Waals surface area (Å²) in [7, 11) is 5.58. The van der Waals surface area contributed by atoms with Crippen molar-refractivity contribution >= 4 is 22.7 Å². The van der Waals surface area contributed by atoms with Crippen LogP contribution in [0.15, 0.2) is 178 Å². The fourth-order valence-electron chi connectivity index (χ4n) is 2.46. The van der Waals surface area contributed by atoms with Crippen molar-refractivity contribution in [3.8, 4) is 0 Å². The van der Waals surface area contributed by atoms with Gasteiger partial charge in [-0.25, -0.2) is 24.3 Å². The molecule has 0 unspecified atom stereocenters. The van der Waals surface area contributed by atoms with Gasteiger partial charge in [0.05, 0.1) is 34.9 Å². The summed E-state index contributed by atoms with van der Waals surface area (Å²) in [5, 5.41) is 2.62. The molecule has 0 saturated heterocycles. The van der Waals surface area contributed by atoms with Crippen molar-refractivity contribution in [2.75, 3.05) is 41.7 Å². The molecule has 0 radical (unpaired) electrons. The molecule has 4 rings (SSSR count). The SMILES string of the molecule is C=C=CCOOC.C=CC(=O)OC.C=CCC(=O)OC.C=CCOOC.CC.c1ccc2ccccc2c1.c1ccccc1.c1ccccc1. The zero-order chi connectivity index (χ0) is 38.4. The topological polar surface area (TPSA) is 89.5 Å². The van der Waals surface area contributed by atoms with Gasteiger partial charge in [-0.2, -0.15) is 0 Å². The number of rotatable bonds is 9. The van der Waals surface area contributed by atoms with Gasteiger partial charge < -0.3 is 9.47 Å². The van der Waals surface area contributed by atoms with Crippen LogP contribution in [0, 0.1) is 0 Å². The third-order valence-corrected chi connectivity index (χ3v) is 4.62. The predicted molar refractivity (Wildman–Crippen MR) is 207 cm³/mol. The summed E-state index contributed by atoms with van der Waals surface area (Å²) in [6, 6.07) is 40.7. The monoisotopic (exact) mass is 688 g/mol. The molecule has 0 aliphatic rings. The molecule has 0 aromatic heterocycles. The van der Waals surface area contributed by atoms with Gasteiger partial charge in [0.25, 0.3) is 0 Å². The minimum absolute atomic E-state index is 0.241. The van der Waals surface area contributed by atoms with Gasteiger partial charge in [-0.1, -0.05) is 160 Å². The lowest BCUT2D eigenvalue weighted by atomic mass is 10.1. The first-order valence-electron chi connectivity index (χ1n) is 15.5. The molecule has 0 fully saturated rings. The lowest BCUT2D eigenvalue weighted by Crippen LogP contribution is -1.95. The number of carbonyl (C=O) groups excluding carboxylic acids is 2. The number of hydrogen-bond donors (Lipinski definition) is 0. The Balaban J connectivity index is -0.000000247. The minimum Gasteiger partial charge on any atom is -0.469 e. The maximum Gasteiger partial charge on any atom is 0.329 e. The van der Waals surface area contributed by atoms with Crippen LogP contribution in [0.1, 0.15) is 20.3 Å². The Morgan fingerprint density at radius 1 is 0.580 bits per heavy atom. The predicted octanol–water partition coefficient (Wildman–Crippen LogP) is 9.98. The first-order chi connectivity index (χ1) is 24.4. The van der Waals surface area contributed by atoms with Crippen LogP contribution < -0.4 is 0 Å². The maximum absolute atomic E-state index is 10.1. The van der Waals surface area contributed by atoms with Crippen molar-refractivity contribution in [3.63, 3.8) is 0 Å². The Bertz CT molecular complexity index is 1190. The highest BCUT2D eigenvalue weighted by atomic mass is 17.2. The van der Waals surface area contributed by atoms with Crippen molar-refractivity contribution in [3.05, 3.63) is 178 Å². The van der Waals surface area contributed by atoms with Crippen LogP contribution in [0.25, 0.3) is 10.8 Å². The van der Waals surface area contributed by atoms with E-state index in [1.165, 1.54) is 45.3 Å². The second-order valence-electron chi connectivity index (χ2n) is 8.05. The van der Waals surface area contributed by atoms with Crippen molar-refractivity contribution in [2.45, 2.75) is 20.3 Å². The summed E-state index contributed by atoms with van der Waals surface area (Å²) in [4.78, 5) is 37.2. The van der Waals surface area contributed by atoms with E-state index >= 15 is 0 Å². The van der Waals surface area contributed by atoms with Gasteiger partial charge in [0.15, 0.2) is 0 Å². The Labute approximate surface area is 300 Å². The number of ether oxygens (including phenoxy) is 2. The summed E-state index contributed by atoms with van der Waals surface area (Å²) in [6.45, 7) is 18.1. The number of methoxy groups -OCH3 is 2. The molecule has 8 nitrogen and oxygen atoms in total. The number of esters is 2. The van der Waals surface area contributed by atoms with Gasteiger partial charge >= 0.3 is 11.9 Å². The second kappa shape index (κ2) is 48.1. The van der Waals surface area contributed by atoms with Crippen molar-refractivity contribution < 1.29 is 38.6 Å². The molecule has 0 amide bonds. The highest BCUT2D eigenvalue weighted by Gasteiger charge is 1.90. The molecule has 4 aromatic carbocycles. The van der Waals surface area contributed by atoms with Crippen molar-refractivity contribution in [1.29, 1.82) is 0 Å². The van der Waals surface area contributed by atoms with Crippen LogP contribution in [0.4, 0.5) is 0 Å². The van der Waals surface area contributed by atoms with E-state index in [9.17, 15) is 9.59 Å². The molecule has 8 heteroatoms. The van der Waals surface area contributed by atoms with Crippen LogP contribution in [-0.2, 0) is 38.6 Å². The highest BCUT2D eigenvalue weighted by Crippen LogP contribution is 2.11. The van der Waals surface area contributed by atoms with Crippen molar-refractivity contribution in [2.24, 2.45) is 0 Å². The number of hydrogen-bond acceptors (Lipinski definition) is 8. The number of benzene rings is 4. The maximum atomic E-state index is 10.1. The average Bonchev–Trinajstić information content (AvgIpc) is 3.20. The van der Waals surface area contributed by atoms with Gasteiger partial charge in [-0.3, -0.25) is 4.79 Å². The lowest BCUT2D eigenvalue weighted by molar-refractivity contribution is -0.263. The Hall–Kier alpha value is -5.34. The molecule has 0 aliphatic carbocycles. The van der Waals surface area contributed by atoms with E-state index in [0.717, 1.165) is 6.08 Å². The summed E-state index contributed by atoms with van der Waals surface area (Å²) >= 11 is 0. The normalized spacial score (nSPS) is 7.96. The summed E-state index contributed by atoms with van der Waals surface area (Å²) in [6.07, 6.45) is 6.16. The Morgan fingerprint density at radius 2 is 0.940 bits per heavy atom. The summed E-state index contributed by atoms with van der Waals surface area (Å²) < 4.78 is 8.42. The van der Waals surface area contributed by atoms with E-state index in [-0.39, 0.29) is 5.97 Å². The standard InChI is InChI=1S/C10H8.2C6H6.2C5H8O2.C4H6O2.C4H8O2.C2H6/c1-2-6-10-8-4-3-7-9(10)5-1;2*1-2-4-6-5-3-1;1-3-4-5(6)7-2;1-3-4-5-7-6-2;1-3-4(5)6-2;1-3-4-6-5-2;1-2/h1-8H;2*1-6H;3H,1,4H2,2H3;4H,1,5H2,2H3;3H,1H2,2H3;3H,1,4H2,2H3;1-2H3. The largest absolute Gasteiger partial charge is 0.469 e. The number of fused-ring (bicyclic) bond motifs is 1. The molecule has 272 valence electrons. The molecule has 0 saturated carbocycles. The van der Waals surface area contributed by atoms with E-state index in [1.807, 2.05) is 86.6 Å². The third-order valence-electron chi connectivity index (χ3n) is 4.62. The van der Waals surface area contributed by atoms with Crippen LogP contribution in [0.2, 0.25) is 0 Å². The Kier molecular flexibility index (Phi) is 49.5. The quantitative estimate of drug-likeness (QED) is 0.0327. The van der Waals surface area contributed by atoms with Crippen LogP contribution in [0.5, 0.6) is 0 Å². The van der Waals surface area contributed by atoms with E-state index in [4.69, 9.17) is 0 Å². The van der Waals surface area contributed by atoms with Gasteiger partial charge in [-0.15, -0.1) is 18.9 Å². The third kappa shape index (κ3) is 44.8. The van der Waals surface area contributed by atoms with Gasteiger partial charge in [0, 0.05) is 6.08 Å². The molecular weight excluding hydrogens is 632 g/mol. The van der Waals surface area contributed by atoms with Crippen LogP contribution in [-0.4, -0.2) is 53.6 Å². The van der Waals surface area contributed by atoms with Gasteiger partial charge in [-0.05, 0) is 16.8 Å². The lowest BCUT2D eigenvalue weighted by Gasteiger charge is -1.92. The molecule has 50 heavy (non-hydrogen) atoms. The molecule has 4 aromatic rings. The fraction of sp³-hybridized carbons (Fsp3) is 0.214. The average molecular weight is 689 g/mol. The minimum atomic E-state index is -0.394. The molecule has 0 atom stereocenters. The first kappa shape index (κ1) is 51.5. The highest BCUT2D eigenvalue weighted by molar-refractivity contribution is 5.82. The van der Waals surface area contributed by atoms with Gasteiger partial charge in [0.2, 0.25) is 0 Å². The molecule has 0 aliphatic heterocycles. The second-order valence-corrected chi connectivity index (χ2v) is 8.05. The summed E-state index contributed by atoms with van der Waals surface area (Å²) in [5.74, 6) is -0.634. The van der Waals surface area contributed by atoms with Crippen molar-refractivity contribution in [1.82, 2.24) is 0 Å². The van der Waals surface area contributed by atoms with Crippen LogP contribution in [0.3, 0.4) is 0 Å². The van der Waals surface area contributed by atoms with E-state index in [0.29, 0.717) is 19.6 Å². The van der Waals surface area contributed by atoms with E-state index in [2.05, 4.69) is 110 Å². The smallest absolute Gasteiger partial charge is 0.329 e. The molecule has 0 heterocycles. The first-order valence-corrected chi connectivity index (χ1v) is 15.5. The van der Waals surface area contributed by atoms with E-state index < -0.39 is 5.97 Å². The Morgan fingerprint density at radius 3 is 1.12 bits per heavy atom. The zero-order valence-electron chi connectivity index (χ0n) is 30.6. The molecule has 0 bridgehead atoms. The fourth-order valence-corrected chi connectivity index (χ4v) is 2.46. The molecule has 0 spiro atoms. The number of carbonyl (C=O) groups is 2. The van der Waals surface area contributed by atoms with Crippen LogP contribution >= 0.6 is 0 Å². The molecular formula is C42H56O8. The van der Waals surface area contributed by atoms with Gasteiger partial charge in [0.1, 0.15) is 13.2 Å². The summed E-state index contributed by atoms with van der Waals surface area (Å²) in [5.41, 5.74) is 2.52.